The first-order chi connectivity index (χ1) is 6.74. The van der Waals surface area contributed by atoms with Gasteiger partial charge in [0.2, 0.25) is 0 Å². The molecule has 1 heterocycles. The second-order valence-corrected chi connectivity index (χ2v) is 3.81. The molecule has 0 amide bonds. The van der Waals surface area contributed by atoms with Crippen LogP contribution in [-0.2, 0) is 0 Å². The van der Waals surface area contributed by atoms with Crippen LogP contribution in [0.15, 0.2) is 24.5 Å². The Morgan fingerprint density at radius 2 is 2.00 bits per heavy atom. The maximum atomic E-state index is 5.57. The lowest BCUT2D eigenvalue weighted by atomic mass is 10.0. The van der Waals surface area contributed by atoms with E-state index in [0.717, 1.165) is 18.7 Å². The summed E-state index contributed by atoms with van der Waals surface area (Å²) in [5.41, 5.74) is 6.69. The number of aromatic nitrogens is 1. The summed E-state index contributed by atoms with van der Waals surface area (Å²) in [5, 5.41) is 3.46. The molecule has 0 aromatic carbocycles. The highest BCUT2D eigenvalue weighted by Crippen LogP contribution is 2.13. The van der Waals surface area contributed by atoms with Gasteiger partial charge in [0.25, 0.3) is 0 Å². The van der Waals surface area contributed by atoms with Crippen molar-refractivity contribution in [2.24, 2.45) is 11.7 Å². The highest BCUT2D eigenvalue weighted by molar-refractivity contribution is 5.41. The van der Waals surface area contributed by atoms with Crippen LogP contribution in [-0.4, -0.2) is 17.6 Å². The molecule has 0 aliphatic rings. The van der Waals surface area contributed by atoms with Gasteiger partial charge in [-0.25, -0.2) is 0 Å². The molecule has 0 spiro atoms. The Labute approximate surface area is 85.7 Å². The van der Waals surface area contributed by atoms with Crippen LogP contribution in [0.2, 0.25) is 0 Å². The minimum Gasteiger partial charge on any atom is -0.382 e. The molecule has 3 heteroatoms. The molecule has 0 fully saturated rings. The number of nitrogens with one attached hydrogen (secondary N) is 1. The monoisotopic (exact) mass is 193 g/mol. The van der Waals surface area contributed by atoms with Gasteiger partial charge in [-0.05, 0) is 31.0 Å². The number of anilines is 1. The van der Waals surface area contributed by atoms with E-state index in [9.17, 15) is 0 Å². The zero-order chi connectivity index (χ0) is 10.4. The molecule has 1 aromatic rings. The summed E-state index contributed by atoms with van der Waals surface area (Å²) in [6.45, 7) is 5.13. The maximum Gasteiger partial charge on any atom is 0.0373 e. The van der Waals surface area contributed by atoms with E-state index in [0.29, 0.717) is 12.0 Å². The van der Waals surface area contributed by atoms with E-state index < -0.39 is 0 Å². The van der Waals surface area contributed by atoms with Crippen molar-refractivity contribution in [3.8, 4) is 0 Å². The van der Waals surface area contributed by atoms with Crippen LogP contribution in [0, 0.1) is 5.92 Å². The molecular weight excluding hydrogens is 174 g/mol. The number of nitrogens with two attached hydrogens (primary N) is 1. The molecule has 1 unspecified atom stereocenters. The van der Waals surface area contributed by atoms with E-state index in [1.807, 2.05) is 12.1 Å². The van der Waals surface area contributed by atoms with E-state index in [1.54, 1.807) is 12.4 Å². The summed E-state index contributed by atoms with van der Waals surface area (Å²) in [6.07, 6.45) is 4.59. The van der Waals surface area contributed by atoms with Crippen LogP contribution in [0.25, 0.3) is 0 Å². The first kappa shape index (κ1) is 11.0. The lowest BCUT2D eigenvalue weighted by Crippen LogP contribution is -2.28. The standard InChI is InChI=1S/C11H19N3/c1-9(2)11(3-6-12)14-10-4-7-13-8-5-10/h4-5,7-9,11H,3,6,12H2,1-2H3,(H,13,14). The predicted octanol–water partition coefficient (Wildman–Crippen LogP) is 1.87. The molecule has 0 saturated heterocycles. The third-order valence-electron chi connectivity index (χ3n) is 2.31. The highest BCUT2D eigenvalue weighted by atomic mass is 14.9. The summed E-state index contributed by atoms with van der Waals surface area (Å²) in [6, 6.07) is 4.40. The van der Waals surface area contributed by atoms with Crippen LogP contribution in [0.4, 0.5) is 5.69 Å². The lowest BCUT2D eigenvalue weighted by Gasteiger charge is -2.22. The topological polar surface area (TPSA) is 50.9 Å². The zero-order valence-electron chi connectivity index (χ0n) is 8.90. The minimum absolute atomic E-state index is 0.447. The van der Waals surface area contributed by atoms with Crippen LogP contribution < -0.4 is 11.1 Å². The van der Waals surface area contributed by atoms with Gasteiger partial charge in [-0.3, -0.25) is 4.98 Å². The van der Waals surface area contributed by atoms with E-state index in [4.69, 9.17) is 5.73 Å². The van der Waals surface area contributed by atoms with E-state index in [-0.39, 0.29) is 0 Å². The highest BCUT2D eigenvalue weighted by Gasteiger charge is 2.11. The first-order valence-electron chi connectivity index (χ1n) is 5.10. The number of rotatable bonds is 5. The maximum absolute atomic E-state index is 5.57. The van der Waals surface area contributed by atoms with Crippen molar-refractivity contribution in [3.05, 3.63) is 24.5 Å². The average molecular weight is 193 g/mol. The van der Waals surface area contributed by atoms with Gasteiger partial charge in [0.05, 0.1) is 0 Å². The molecule has 0 radical (unpaired) electrons. The molecule has 1 aromatic heterocycles. The number of hydrogen-bond acceptors (Lipinski definition) is 3. The fourth-order valence-electron chi connectivity index (χ4n) is 1.41. The van der Waals surface area contributed by atoms with Gasteiger partial charge in [0.1, 0.15) is 0 Å². The van der Waals surface area contributed by atoms with Gasteiger partial charge in [0, 0.05) is 24.1 Å². The van der Waals surface area contributed by atoms with Gasteiger partial charge in [0.15, 0.2) is 0 Å². The van der Waals surface area contributed by atoms with Crippen LogP contribution in [0.3, 0.4) is 0 Å². The molecule has 0 aliphatic carbocycles. The van der Waals surface area contributed by atoms with Gasteiger partial charge in [-0.1, -0.05) is 13.8 Å². The van der Waals surface area contributed by atoms with Crippen molar-refractivity contribution in [3.63, 3.8) is 0 Å². The largest absolute Gasteiger partial charge is 0.382 e. The second kappa shape index (κ2) is 5.60. The van der Waals surface area contributed by atoms with Crippen LogP contribution in [0.1, 0.15) is 20.3 Å². The summed E-state index contributed by atoms with van der Waals surface area (Å²) < 4.78 is 0. The van der Waals surface area contributed by atoms with Crippen molar-refractivity contribution < 1.29 is 0 Å². The third kappa shape index (κ3) is 3.34. The van der Waals surface area contributed by atoms with Crippen LogP contribution in [0.5, 0.6) is 0 Å². The van der Waals surface area contributed by atoms with Crippen LogP contribution >= 0.6 is 0 Å². The molecule has 78 valence electrons. The van der Waals surface area contributed by atoms with E-state index >= 15 is 0 Å². The Balaban J connectivity index is 2.55. The third-order valence-corrected chi connectivity index (χ3v) is 2.31. The number of hydrogen-bond donors (Lipinski definition) is 2. The summed E-state index contributed by atoms with van der Waals surface area (Å²) >= 11 is 0. The van der Waals surface area contributed by atoms with Gasteiger partial charge < -0.3 is 11.1 Å². The molecule has 3 nitrogen and oxygen atoms in total. The van der Waals surface area contributed by atoms with E-state index in [1.165, 1.54) is 0 Å². The molecule has 0 saturated carbocycles. The molecule has 1 rings (SSSR count). The average Bonchev–Trinajstić information content (AvgIpc) is 2.18. The Kier molecular flexibility index (Phi) is 4.40. The SMILES string of the molecule is CC(C)C(CCN)Nc1ccncc1. The van der Waals surface area contributed by atoms with Gasteiger partial charge in [-0.15, -0.1) is 0 Å². The van der Waals surface area contributed by atoms with Crippen molar-refractivity contribution in [2.75, 3.05) is 11.9 Å². The molecule has 0 aliphatic heterocycles. The summed E-state index contributed by atoms with van der Waals surface area (Å²) in [5.74, 6) is 0.590. The molecule has 14 heavy (non-hydrogen) atoms. The summed E-state index contributed by atoms with van der Waals surface area (Å²) in [4.78, 5) is 3.98. The van der Waals surface area contributed by atoms with Gasteiger partial charge in [-0.2, -0.15) is 0 Å². The fourth-order valence-corrected chi connectivity index (χ4v) is 1.41. The fraction of sp³-hybridized carbons (Fsp3) is 0.545. The second-order valence-electron chi connectivity index (χ2n) is 3.81. The Bertz CT molecular complexity index is 246. The normalized spacial score (nSPS) is 12.9. The number of nitrogens with zero attached hydrogens (tertiary/aromatic N) is 1. The quantitative estimate of drug-likeness (QED) is 0.750. The Morgan fingerprint density at radius 3 is 2.50 bits per heavy atom. The van der Waals surface area contributed by atoms with Crippen molar-refractivity contribution in [1.29, 1.82) is 0 Å². The first-order valence-corrected chi connectivity index (χ1v) is 5.10. The smallest absolute Gasteiger partial charge is 0.0373 e. The molecule has 1 atom stereocenters. The zero-order valence-corrected chi connectivity index (χ0v) is 8.90. The molecule has 0 bridgehead atoms. The van der Waals surface area contributed by atoms with Crippen molar-refractivity contribution in [1.82, 2.24) is 4.98 Å². The lowest BCUT2D eigenvalue weighted by molar-refractivity contribution is 0.499. The molecule has 3 N–H and O–H groups in total. The Hall–Kier alpha value is -1.09. The molecular formula is C11H19N3. The van der Waals surface area contributed by atoms with Gasteiger partial charge >= 0.3 is 0 Å². The Morgan fingerprint density at radius 1 is 1.36 bits per heavy atom. The summed E-state index contributed by atoms with van der Waals surface area (Å²) in [7, 11) is 0. The minimum atomic E-state index is 0.447. The predicted molar refractivity (Wildman–Crippen MR) is 60.2 cm³/mol. The number of pyridine rings is 1. The van der Waals surface area contributed by atoms with Crippen molar-refractivity contribution in [2.45, 2.75) is 26.3 Å². The van der Waals surface area contributed by atoms with Crippen molar-refractivity contribution >= 4 is 5.69 Å². The van der Waals surface area contributed by atoms with E-state index in [2.05, 4.69) is 24.1 Å².